The van der Waals surface area contributed by atoms with E-state index in [1.807, 2.05) is 0 Å². The van der Waals surface area contributed by atoms with E-state index in [0.29, 0.717) is 0 Å². The highest BCUT2D eigenvalue weighted by atomic mass is 31.1. The highest BCUT2D eigenvalue weighted by molar-refractivity contribution is 7.32. The molecule has 0 saturated carbocycles. The lowest BCUT2D eigenvalue weighted by Gasteiger charge is -2.27. The summed E-state index contributed by atoms with van der Waals surface area (Å²) >= 11 is 0. The lowest BCUT2D eigenvalue weighted by molar-refractivity contribution is -0.266. The van der Waals surface area contributed by atoms with Gasteiger partial charge in [-0.3, -0.25) is 4.57 Å². The summed E-state index contributed by atoms with van der Waals surface area (Å²) in [6.07, 6.45) is -4.25. The van der Waals surface area contributed by atoms with Gasteiger partial charge in [0.1, 0.15) is 12.4 Å². The van der Waals surface area contributed by atoms with Gasteiger partial charge in [-0.25, -0.2) is 9.18 Å². The normalized spacial score (nSPS) is 32.2. The molecule has 22 heavy (non-hydrogen) atoms. The Morgan fingerprint density at radius 3 is 2.86 bits per heavy atom. The molecular weight excluding hydrogens is 324 g/mol. The highest BCUT2D eigenvalue weighted by Gasteiger charge is 2.61. The maximum absolute atomic E-state index is 14.5. The van der Waals surface area contributed by atoms with E-state index in [0.717, 1.165) is 17.9 Å². The van der Waals surface area contributed by atoms with E-state index in [-0.39, 0.29) is 5.82 Å². The van der Waals surface area contributed by atoms with Crippen LogP contribution >= 0.6 is 8.25 Å². The van der Waals surface area contributed by atoms with Gasteiger partial charge in [0, 0.05) is 17.9 Å². The molecule has 1 aliphatic rings. The number of aliphatic hydroxyl groups excluding tert-OH is 1. The van der Waals surface area contributed by atoms with Crippen LogP contribution in [0.4, 0.5) is 10.2 Å². The van der Waals surface area contributed by atoms with Crippen molar-refractivity contribution < 1.29 is 33.0 Å². The Bertz CT molecular complexity index is 623. The number of hydrogen-bond donors (Lipinski definition) is 3. The fraction of sp³-hybridized carbons (Fsp3) is 0.600. The van der Waals surface area contributed by atoms with Crippen LogP contribution in [0.5, 0.6) is 0 Å². The minimum absolute atomic E-state index is 0.0685. The zero-order valence-electron chi connectivity index (χ0n) is 11.3. The zero-order chi connectivity index (χ0) is 16.5. The van der Waals surface area contributed by atoms with Crippen molar-refractivity contribution in [3.8, 4) is 0 Å². The van der Waals surface area contributed by atoms with Crippen molar-refractivity contribution in [2.75, 3.05) is 19.5 Å². The smallest absolute Gasteiger partial charge is 0.391 e. The van der Waals surface area contributed by atoms with E-state index in [1.54, 1.807) is 0 Å². The SMILES string of the molecule is CO[C@]1(CO)O[C@@H](n2ccc(N)nc2=O)[C@@H](F)C1O[P+](=O)O. The average molecular weight is 338 g/mol. The maximum atomic E-state index is 14.5. The fourth-order valence-electron chi connectivity index (χ4n) is 2.15. The van der Waals surface area contributed by atoms with Crippen LogP contribution < -0.4 is 11.4 Å². The van der Waals surface area contributed by atoms with Gasteiger partial charge in [0.25, 0.3) is 0 Å². The second kappa shape index (κ2) is 6.32. The van der Waals surface area contributed by atoms with Crippen LogP contribution in [0.15, 0.2) is 17.1 Å². The summed E-state index contributed by atoms with van der Waals surface area (Å²) in [4.78, 5) is 24.0. The molecule has 12 heteroatoms. The topological polar surface area (TPSA) is 146 Å². The second-order valence-electron chi connectivity index (χ2n) is 4.43. The molecule has 5 atom stereocenters. The number of nitrogen functional groups attached to an aromatic ring is 1. The van der Waals surface area contributed by atoms with Gasteiger partial charge in [0.2, 0.25) is 11.9 Å². The minimum atomic E-state index is -3.19. The summed E-state index contributed by atoms with van der Waals surface area (Å²) < 4.78 is 40.9. The number of rotatable bonds is 5. The van der Waals surface area contributed by atoms with Crippen molar-refractivity contribution in [2.24, 2.45) is 0 Å². The maximum Gasteiger partial charge on any atom is 0.695 e. The molecule has 0 radical (unpaired) electrons. The molecule has 0 spiro atoms. The number of alkyl halides is 1. The number of aliphatic hydroxyl groups is 1. The van der Waals surface area contributed by atoms with Crippen LogP contribution in [0.25, 0.3) is 0 Å². The zero-order valence-corrected chi connectivity index (χ0v) is 12.2. The monoisotopic (exact) mass is 338 g/mol. The van der Waals surface area contributed by atoms with Gasteiger partial charge in [0.15, 0.2) is 12.4 Å². The summed E-state index contributed by atoms with van der Waals surface area (Å²) in [5, 5.41) is 9.40. The molecule has 0 amide bonds. The van der Waals surface area contributed by atoms with Crippen molar-refractivity contribution in [1.29, 1.82) is 0 Å². The van der Waals surface area contributed by atoms with Gasteiger partial charge in [-0.2, -0.15) is 4.98 Å². The van der Waals surface area contributed by atoms with Crippen LogP contribution in [0.2, 0.25) is 0 Å². The first kappa shape index (κ1) is 16.9. The van der Waals surface area contributed by atoms with Crippen molar-refractivity contribution in [1.82, 2.24) is 9.55 Å². The average Bonchev–Trinajstić information content (AvgIpc) is 2.73. The minimum Gasteiger partial charge on any atom is -0.391 e. The molecule has 0 bridgehead atoms. The number of ether oxygens (including phenoxy) is 2. The molecule has 1 aliphatic heterocycles. The standard InChI is InChI=1S/C10H13FN3O7P/c1-19-10(4-15)7(21-22(17)18)6(11)8(20-10)14-3-2-5(12)13-9(14)16/h2-3,6-8,15H,4H2,1H3,(H2-,12,13,16,17,18)/p+1/t6-,7?,8+,10+/m0/s1. The molecule has 0 aliphatic carbocycles. The van der Waals surface area contributed by atoms with E-state index < -0.39 is 44.8 Å². The third kappa shape index (κ3) is 2.86. The number of halogens is 1. The molecular formula is C10H14FN3O7P+. The van der Waals surface area contributed by atoms with Crippen molar-refractivity contribution in [3.05, 3.63) is 22.7 Å². The molecule has 1 aromatic rings. The summed E-state index contributed by atoms with van der Waals surface area (Å²) in [6.45, 7) is -0.870. The van der Waals surface area contributed by atoms with Gasteiger partial charge < -0.3 is 20.3 Å². The van der Waals surface area contributed by atoms with Crippen LogP contribution in [-0.4, -0.2) is 51.3 Å². The van der Waals surface area contributed by atoms with Gasteiger partial charge in [0.05, 0.1) is 0 Å². The van der Waals surface area contributed by atoms with Gasteiger partial charge >= 0.3 is 13.9 Å². The van der Waals surface area contributed by atoms with Gasteiger partial charge in [-0.15, -0.1) is 9.42 Å². The van der Waals surface area contributed by atoms with Crippen LogP contribution in [0, 0.1) is 0 Å². The van der Waals surface area contributed by atoms with E-state index >= 15 is 0 Å². The van der Waals surface area contributed by atoms with Crippen LogP contribution in [0.1, 0.15) is 6.23 Å². The first-order valence-corrected chi connectivity index (χ1v) is 7.13. The van der Waals surface area contributed by atoms with E-state index in [2.05, 4.69) is 9.51 Å². The Labute approximate surface area is 124 Å². The Balaban J connectivity index is 2.42. The third-order valence-electron chi connectivity index (χ3n) is 3.21. The molecule has 2 rings (SSSR count). The molecule has 2 heterocycles. The number of aromatic nitrogens is 2. The number of anilines is 1. The summed E-state index contributed by atoms with van der Waals surface area (Å²) in [5.74, 6) is -2.11. The summed E-state index contributed by atoms with van der Waals surface area (Å²) in [7, 11) is -2.10. The first-order chi connectivity index (χ1) is 10.3. The Morgan fingerprint density at radius 2 is 2.36 bits per heavy atom. The van der Waals surface area contributed by atoms with Crippen LogP contribution in [0.3, 0.4) is 0 Å². The quantitative estimate of drug-likeness (QED) is 0.579. The third-order valence-corrected chi connectivity index (χ3v) is 3.62. The van der Waals surface area contributed by atoms with E-state index in [9.17, 15) is 18.9 Å². The predicted molar refractivity (Wildman–Crippen MR) is 69.5 cm³/mol. The summed E-state index contributed by atoms with van der Waals surface area (Å²) in [5.41, 5.74) is 4.44. The second-order valence-corrected chi connectivity index (χ2v) is 5.12. The fourth-order valence-corrected chi connectivity index (χ4v) is 2.62. The first-order valence-electron chi connectivity index (χ1n) is 6.00. The van der Waals surface area contributed by atoms with Crippen molar-refractivity contribution >= 4 is 14.1 Å². The molecule has 10 nitrogen and oxygen atoms in total. The largest absolute Gasteiger partial charge is 0.695 e. The molecule has 2 unspecified atom stereocenters. The predicted octanol–water partition coefficient (Wildman–Crippen LogP) is -0.938. The Hall–Kier alpha value is -1.49. The Morgan fingerprint density at radius 1 is 1.68 bits per heavy atom. The lowest BCUT2D eigenvalue weighted by atomic mass is 10.1. The number of hydrogen-bond acceptors (Lipinski definition) is 8. The molecule has 1 aromatic heterocycles. The van der Waals surface area contributed by atoms with Crippen LogP contribution in [-0.2, 0) is 18.6 Å². The molecule has 0 aromatic carbocycles. The number of nitrogens with zero attached hydrogens (tertiary/aromatic N) is 2. The van der Waals surface area contributed by atoms with Crippen molar-refractivity contribution in [2.45, 2.75) is 24.3 Å². The number of nitrogens with two attached hydrogens (primary N) is 1. The Kier molecular flexibility index (Phi) is 4.85. The summed E-state index contributed by atoms with van der Waals surface area (Å²) in [6, 6.07) is 1.24. The van der Waals surface area contributed by atoms with Crippen molar-refractivity contribution in [3.63, 3.8) is 0 Å². The van der Waals surface area contributed by atoms with Gasteiger partial charge in [-0.05, 0) is 6.07 Å². The highest BCUT2D eigenvalue weighted by Crippen LogP contribution is 2.43. The molecule has 1 saturated heterocycles. The molecule has 1 fully saturated rings. The lowest BCUT2D eigenvalue weighted by Crippen LogP contribution is -2.47. The number of methoxy groups -OCH3 is 1. The molecule has 122 valence electrons. The molecule has 4 N–H and O–H groups in total. The van der Waals surface area contributed by atoms with E-state index in [4.69, 9.17) is 20.1 Å². The van der Waals surface area contributed by atoms with Gasteiger partial charge in [-0.1, -0.05) is 0 Å². The van der Waals surface area contributed by atoms with E-state index in [1.165, 1.54) is 6.07 Å².